The van der Waals surface area contributed by atoms with Crippen molar-refractivity contribution in [2.45, 2.75) is 32.1 Å². The molecule has 0 aliphatic carbocycles. The van der Waals surface area contributed by atoms with Crippen LogP contribution >= 0.6 is 0 Å². The predicted octanol–water partition coefficient (Wildman–Crippen LogP) is 4.24. The van der Waals surface area contributed by atoms with Crippen LogP contribution in [0.25, 0.3) is 10.9 Å². The van der Waals surface area contributed by atoms with Crippen molar-refractivity contribution in [3.05, 3.63) is 47.3 Å². The second-order valence-electron chi connectivity index (χ2n) is 9.97. The molecule has 1 amide bonds. The Hall–Kier alpha value is -3.84. The number of nitrogens with one attached hydrogen (secondary N) is 1. The van der Waals surface area contributed by atoms with Gasteiger partial charge in [-0.1, -0.05) is 0 Å². The Labute approximate surface area is 229 Å². The average molecular weight is 561 g/mol. The number of aryl methyl sites for hydroxylation is 1. The molecule has 0 spiro atoms. The maximum atomic E-state index is 13.4. The van der Waals surface area contributed by atoms with Gasteiger partial charge in [-0.2, -0.15) is 13.2 Å². The quantitative estimate of drug-likeness (QED) is 0.427. The van der Waals surface area contributed by atoms with Gasteiger partial charge in [0, 0.05) is 43.3 Å². The molecule has 40 heavy (non-hydrogen) atoms. The summed E-state index contributed by atoms with van der Waals surface area (Å²) in [4.78, 5) is 25.9. The van der Waals surface area contributed by atoms with Crippen LogP contribution in [0.1, 0.15) is 29.9 Å². The molecule has 3 heterocycles. The Morgan fingerprint density at radius 2 is 1.82 bits per heavy atom. The normalized spacial score (nSPS) is 17.4. The van der Waals surface area contributed by atoms with Gasteiger partial charge in [-0.3, -0.25) is 4.90 Å². The van der Waals surface area contributed by atoms with Gasteiger partial charge in [-0.25, -0.2) is 14.8 Å². The van der Waals surface area contributed by atoms with Crippen LogP contribution in [-0.4, -0.2) is 78.4 Å². The third-order valence-corrected chi connectivity index (χ3v) is 7.16. The molecule has 2 aliphatic rings. The fraction of sp³-hybridized carbons (Fsp3) is 0.444. The molecule has 3 aromatic rings. The molecule has 5 rings (SSSR count). The number of fused-ring (bicyclic) bond motifs is 1. The van der Waals surface area contributed by atoms with E-state index >= 15 is 0 Å². The minimum Gasteiger partial charge on any atom is -0.493 e. The van der Waals surface area contributed by atoms with E-state index in [1.807, 2.05) is 0 Å². The van der Waals surface area contributed by atoms with E-state index in [0.717, 1.165) is 38.4 Å². The van der Waals surface area contributed by atoms with E-state index in [9.17, 15) is 18.0 Å². The number of alkyl halides is 3. The lowest BCUT2D eigenvalue weighted by Crippen LogP contribution is -2.57. The standard InChI is InChI=1S/C27H31F3N6O4/c1-15(17-8-18(27(28,29)30)10-19(31)9-17)32-25-21-11-24(23(38-3)12-22(21)33-16(2)34-25)40-26(37)36-6-4-35(5-7-36)20-13-39-14-20/h8-12,15,20H,4-7,13-14,31H2,1-3H3,(H,32,33,34)/t15-/m1/s1. The van der Waals surface area contributed by atoms with Crippen molar-refractivity contribution in [3.63, 3.8) is 0 Å². The van der Waals surface area contributed by atoms with Crippen LogP contribution in [0.4, 0.5) is 29.5 Å². The fourth-order valence-corrected chi connectivity index (χ4v) is 4.84. The molecule has 2 aromatic carbocycles. The molecular weight excluding hydrogens is 529 g/mol. The number of anilines is 2. The molecule has 2 aliphatic heterocycles. The first-order chi connectivity index (χ1) is 19.0. The largest absolute Gasteiger partial charge is 0.493 e. The molecule has 3 N–H and O–H groups in total. The number of carbonyl (C=O) groups is 1. The van der Waals surface area contributed by atoms with Crippen LogP contribution in [0.2, 0.25) is 0 Å². The molecule has 214 valence electrons. The summed E-state index contributed by atoms with van der Waals surface area (Å²) < 4.78 is 56.6. The van der Waals surface area contributed by atoms with E-state index in [-0.39, 0.29) is 11.4 Å². The van der Waals surface area contributed by atoms with Gasteiger partial charge in [0.05, 0.1) is 43.5 Å². The summed E-state index contributed by atoms with van der Waals surface area (Å²) in [6.07, 6.45) is -5.03. The number of piperazine rings is 1. The molecule has 0 unspecified atom stereocenters. The maximum Gasteiger partial charge on any atom is 0.416 e. The molecule has 0 saturated carbocycles. The lowest BCUT2D eigenvalue weighted by Gasteiger charge is -2.42. The van der Waals surface area contributed by atoms with E-state index in [0.29, 0.717) is 53.0 Å². The van der Waals surface area contributed by atoms with E-state index in [2.05, 4.69) is 20.2 Å². The number of methoxy groups -OCH3 is 1. The number of benzene rings is 2. The Balaban J connectivity index is 1.39. The van der Waals surface area contributed by atoms with Crippen molar-refractivity contribution in [3.8, 4) is 11.5 Å². The number of nitrogen functional groups attached to an aromatic ring is 1. The van der Waals surface area contributed by atoms with Gasteiger partial charge in [0.15, 0.2) is 11.5 Å². The molecule has 0 radical (unpaired) electrons. The van der Waals surface area contributed by atoms with E-state index in [1.54, 1.807) is 30.9 Å². The smallest absolute Gasteiger partial charge is 0.416 e. The van der Waals surface area contributed by atoms with Crippen LogP contribution < -0.4 is 20.5 Å². The third kappa shape index (κ3) is 5.85. The zero-order chi connectivity index (χ0) is 28.6. The highest BCUT2D eigenvalue weighted by Gasteiger charge is 2.32. The Morgan fingerprint density at radius 3 is 2.45 bits per heavy atom. The van der Waals surface area contributed by atoms with Crippen LogP contribution in [0.5, 0.6) is 11.5 Å². The van der Waals surface area contributed by atoms with Crippen LogP contribution in [0.3, 0.4) is 0 Å². The summed E-state index contributed by atoms with van der Waals surface area (Å²) in [6, 6.07) is 6.49. The van der Waals surface area contributed by atoms with E-state index in [1.165, 1.54) is 13.2 Å². The van der Waals surface area contributed by atoms with Gasteiger partial charge < -0.3 is 30.2 Å². The van der Waals surface area contributed by atoms with E-state index < -0.39 is 23.9 Å². The summed E-state index contributed by atoms with van der Waals surface area (Å²) in [6.45, 7) is 7.36. The van der Waals surface area contributed by atoms with Crippen molar-refractivity contribution in [1.29, 1.82) is 0 Å². The molecule has 1 atom stereocenters. The zero-order valence-electron chi connectivity index (χ0n) is 22.4. The third-order valence-electron chi connectivity index (χ3n) is 7.16. The van der Waals surface area contributed by atoms with Crippen LogP contribution in [0.15, 0.2) is 30.3 Å². The number of nitrogens with two attached hydrogens (primary N) is 1. The van der Waals surface area contributed by atoms with Gasteiger partial charge in [0.1, 0.15) is 11.6 Å². The molecular formula is C27H31F3N6O4. The molecule has 0 bridgehead atoms. The SMILES string of the molecule is COc1cc2nc(C)nc(N[C@H](C)c3cc(N)cc(C(F)(F)F)c3)c2cc1OC(=O)N1CCN(C2COC2)CC1. The summed E-state index contributed by atoms with van der Waals surface area (Å²) in [5, 5.41) is 3.68. The topological polar surface area (TPSA) is 115 Å². The number of ether oxygens (including phenoxy) is 3. The first kappa shape index (κ1) is 27.7. The minimum atomic E-state index is -4.53. The number of nitrogens with zero attached hydrogens (tertiary/aromatic N) is 4. The zero-order valence-corrected chi connectivity index (χ0v) is 22.4. The van der Waals surface area contributed by atoms with Crippen molar-refractivity contribution >= 4 is 28.5 Å². The second kappa shape index (κ2) is 11.0. The van der Waals surface area contributed by atoms with Gasteiger partial charge in [0.2, 0.25) is 0 Å². The van der Waals surface area contributed by atoms with Crippen molar-refractivity contribution in [2.75, 3.05) is 57.6 Å². The molecule has 2 saturated heterocycles. The second-order valence-corrected chi connectivity index (χ2v) is 9.97. The number of carbonyl (C=O) groups excluding carboxylic acids is 1. The van der Waals surface area contributed by atoms with Crippen molar-refractivity contribution < 1.29 is 32.2 Å². The lowest BCUT2D eigenvalue weighted by atomic mass is 10.0. The molecule has 13 heteroatoms. The Morgan fingerprint density at radius 1 is 1.10 bits per heavy atom. The van der Waals surface area contributed by atoms with Crippen LogP contribution in [-0.2, 0) is 10.9 Å². The highest BCUT2D eigenvalue weighted by Crippen LogP contribution is 2.37. The predicted molar refractivity (Wildman–Crippen MR) is 142 cm³/mol. The Kier molecular flexibility index (Phi) is 7.60. The molecule has 1 aromatic heterocycles. The molecule has 10 nitrogen and oxygen atoms in total. The number of amides is 1. The summed E-state index contributed by atoms with van der Waals surface area (Å²) in [5.41, 5.74) is 5.79. The van der Waals surface area contributed by atoms with Gasteiger partial charge in [-0.15, -0.1) is 0 Å². The lowest BCUT2D eigenvalue weighted by molar-refractivity contribution is -0.137. The number of hydrogen-bond donors (Lipinski definition) is 2. The average Bonchev–Trinajstić information content (AvgIpc) is 2.87. The Bertz CT molecular complexity index is 1410. The van der Waals surface area contributed by atoms with E-state index in [4.69, 9.17) is 19.9 Å². The fourth-order valence-electron chi connectivity index (χ4n) is 4.84. The van der Waals surface area contributed by atoms with Gasteiger partial charge in [0.25, 0.3) is 0 Å². The molecule has 2 fully saturated rings. The number of aromatic nitrogens is 2. The first-order valence-corrected chi connectivity index (χ1v) is 12.9. The monoisotopic (exact) mass is 560 g/mol. The number of rotatable bonds is 6. The van der Waals surface area contributed by atoms with Crippen molar-refractivity contribution in [2.24, 2.45) is 0 Å². The number of hydrogen-bond acceptors (Lipinski definition) is 9. The van der Waals surface area contributed by atoms with Crippen LogP contribution in [0, 0.1) is 6.92 Å². The highest BCUT2D eigenvalue weighted by atomic mass is 19.4. The van der Waals surface area contributed by atoms with Gasteiger partial charge in [-0.05, 0) is 43.7 Å². The van der Waals surface area contributed by atoms with Gasteiger partial charge >= 0.3 is 12.3 Å². The highest BCUT2D eigenvalue weighted by molar-refractivity contribution is 5.92. The van der Waals surface area contributed by atoms with Crippen molar-refractivity contribution in [1.82, 2.24) is 19.8 Å². The number of halogens is 3. The first-order valence-electron chi connectivity index (χ1n) is 12.9. The summed E-state index contributed by atoms with van der Waals surface area (Å²) >= 11 is 0. The summed E-state index contributed by atoms with van der Waals surface area (Å²) in [7, 11) is 1.46. The minimum absolute atomic E-state index is 0.00277. The summed E-state index contributed by atoms with van der Waals surface area (Å²) in [5.74, 6) is 1.30. The maximum absolute atomic E-state index is 13.4.